The summed E-state index contributed by atoms with van der Waals surface area (Å²) in [6, 6.07) is 5.97. The zero-order valence-corrected chi connectivity index (χ0v) is 12.7. The standard InChI is InChI=1S/C17H26N2O/c1-3-10-18-16-12-13(2)7-8-15(16)17(20)19-11-9-14-5-4-6-14/h7-8,12,14,18H,3-6,9-11H2,1-2H3,(H,19,20). The molecule has 1 amide bonds. The van der Waals surface area contributed by atoms with Gasteiger partial charge in [0.25, 0.3) is 5.91 Å². The lowest BCUT2D eigenvalue weighted by molar-refractivity contribution is 0.0950. The first-order valence-corrected chi connectivity index (χ1v) is 7.83. The fourth-order valence-corrected chi connectivity index (χ4v) is 2.53. The largest absolute Gasteiger partial charge is 0.384 e. The molecule has 1 aromatic carbocycles. The minimum atomic E-state index is 0.0444. The Labute approximate surface area is 122 Å². The maximum Gasteiger partial charge on any atom is 0.253 e. The van der Waals surface area contributed by atoms with E-state index in [4.69, 9.17) is 0 Å². The number of amides is 1. The van der Waals surface area contributed by atoms with E-state index in [1.807, 2.05) is 12.1 Å². The summed E-state index contributed by atoms with van der Waals surface area (Å²) in [4.78, 5) is 12.3. The molecule has 110 valence electrons. The second-order valence-electron chi connectivity index (χ2n) is 5.82. The molecule has 3 heteroatoms. The number of carbonyl (C=O) groups excluding carboxylic acids is 1. The van der Waals surface area contributed by atoms with Crippen LogP contribution in [0.4, 0.5) is 5.69 Å². The van der Waals surface area contributed by atoms with Crippen molar-refractivity contribution in [1.82, 2.24) is 5.32 Å². The molecule has 0 radical (unpaired) electrons. The average molecular weight is 274 g/mol. The van der Waals surface area contributed by atoms with Crippen LogP contribution in [0.25, 0.3) is 0 Å². The van der Waals surface area contributed by atoms with E-state index in [9.17, 15) is 4.79 Å². The van der Waals surface area contributed by atoms with Gasteiger partial charge in [0.2, 0.25) is 0 Å². The highest BCUT2D eigenvalue weighted by Gasteiger charge is 2.17. The van der Waals surface area contributed by atoms with E-state index >= 15 is 0 Å². The summed E-state index contributed by atoms with van der Waals surface area (Å²) in [6.07, 6.45) is 6.21. The molecule has 1 fully saturated rings. The molecule has 0 saturated heterocycles. The number of anilines is 1. The van der Waals surface area contributed by atoms with E-state index in [0.29, 0.717) is 0 Å². The van der Waals surface area contributed by atoms with Crippen molar-refractivity contribution in [2.75, 3.05) is 18.4 Å². The Morgan fingerprint density at radius 3 is 2.75 bits per heavy atom. The second-order valence-corrected chi connectivity index (χ2v) is 5.82. The predicted molar refractivity (Wildman–Crippen MR) is 84.3 cm³/mol. The zero-order valence-electron chi connectivity index (χ0n) is 12.7. The Morgan fingerprint density at radius 1 is 1.30 bits per heavy atom. The molecule has 0 bridgehead atoms. The highest BCUT2D eigenvalue weighted by atomic mass is 16.1. The Balaban J connectivity index is 1.92. The monoisotopic (exact) mass is 274 g/mol. The minimum Gasteiger partial charge on any atom is -0.384 e. The molecule has 1 aliphatic rings. The van der Waals surface area contributed by atoms with Crippen molar-refractivity contribution >= 4 is 11.6 Å². The Bertz CT molecular complexity index is 452. The van der Waals surface area contributed by atoms with Gasteiger partial charge in [0.15, 0.2) is 0 Å². The highest BCUT2D eigenvalue weighted by molar-refractivity contribution is 5.99. The number of nitrogens with one attached hydrogen (secondary N) is 2. The van der Waals surface area contributed by atoms with Gasteiger partial charge in [-0.05, 0) is 43.4 Å². The van der Waals surface area contributed by atoms with Crippen molar-refractivity contribution in [1.29, 1.82) is 0 Å². The molecular weight excluding hydrogens is 248 g/mol. The summed E-state index contributed by atoms with van der Waals surface area (Å²) in [5.41, 5.74) is 2.89. The Morgan fingerprint density at radius 2 is 2.10 bits per heavy atom. The minimum absolute atomic E-state index is 0.0444. The first-order chi connectivity index (χ1) is 9.70. The van der Waals surface area contributed by atoms with Crippen LogP contribution in [0.2, 0.25) is 0 Å². The zero-order chi connectivity index (χ0) is 14.4. The van der Waals surface area contributed by atoms with Gasteiger partial charge in [-0.15, -0.1) is 0 Å². The van der Waals surface area contributed by atoms with Gasteiger partial charge in [-0.1, -0.05) is 32.3 Å². The maximum atomic E-state index is 12.3. The summed E-state index contributed by atoms with van der Waals surface area (Å²) in [5, 5.41) is 6.40. The van der Waals surface area contributed by atoms with Gasteiger partial charge in [0.05, 0.1) is 5.56 Å². The van der Waals surface area contributed by atoms with Gasteiger partial charge in [-0.3, -0.25) is 4.79 Å². The molecule has 1 saturated carbocycles. The number of aryl methyl sites for hydroxylation is 1. The van der Waals surface area contributed by atoms with Gasteiger partial charge >= 0.3 is 0 Å². The van der Waals surface area contributed by atoms with Crippen molar-refractivity contribution in [3.8, 4) is 0 Å². The van der Waals surface area contributed by atoms with E-state index in [1.54, 1.807) is 0 Å². The molecular formula is C17H26N2O. The van der Waals surface area contributed by atoms with Crippen LogP contribution in [0.5, 0.6) is 0 Å². The topological polar surface area (TPSA) is 41.1 Å². The molecule has 0 spiro atoms. The fourth-order valence-electron chi connectivity index (χ4n) is 2.53. The third kappa shape index (κ3) is 3.99. The highest BCUT2D eigenvalue weighted by Crippen LogP contribution is 2.28. The Hall–Kier alpha value is -1.51. The van der Waals surface area contributed by atoms with Gasteiger partial charge < -0.3 is 10.6 Å². The van der Waals surface area contributed by atoms with Crippen LogP contribution < -0.4 is 10.6 Å². The van der Waals surface area contributed by atoms with Crippen LogP contribution in [-0.4, -0.2) is 19.0 Å². The van der Waals surface area contributed by atoms with Crippen LogP contribution >= 0.6 is 0 Å². The summed E-state index contributed by atoms with van der Waals surface area (Å²) in [5.74, 6) is 0.883. The number of benzene rings is 1. The molecule has 20 heavy (non-hydrogen) atoms. The van der Waals surface area contributed by atoms with Crippen LogP contribution in [-0.2, 0) is 0 Å². The van der Waals surface area contributed by atoms with Crippen LogP contribution in [0.3, 0.4) is 0 Å². The van der Waals surface area contributed by atoms with Crippen LogP contribution in [0.1, 0.15) is 54.9 Å². The van der Waals surface area contributed by atoms with Crippen molar-refractivity contribution in [3.05, 3.63) is 29.3 Å². The lowest BCUT2D eigenvalue weighted by Gasteiger charge is -2.25. The maximum absolute atomic E-state index is 12.3. The van der Waals surface area contributed by atoms with Crippen molar-refractivity contribution < 1.29 is 4.79 Å². The average Bonchev–Trinajstić information content (AvgIpc) is 2.39. The molecule has 1 aliphatic carbocycles. The third-order valence-corrected chi connectivity index (χ3v) is 4.05. The molecule has 3 nitrogen and oxygen atoms in total. The molecule has 0 aliphatic heterocycles. The lowest BCUT2D eigenvalue weighted by atomic mass is 9.83. The van der Waals surface area contributed by atoms with Crippen LogP contribution in [0.15, 0.2) is 18.2 Å². The number of hydrogen-bond donors (Lipinski definition) is 2. The van der Waals surface area contributed by atoms with Gasteiger partial charge in [-0.25, -0.2) is 0 Å². The van der Waals surface area contributed by atoms with Crippen molar-refractivity contribution in [2.45, 2.75) is 46.0 Å². The number of carbonyl (C=O) groups is 1. The fraction of sp³-hybridized carbons (Fsp3) is 0.588. The first-order valence-electron chi connectivity index (χ1n) is 7.83. The summed E-state index contributed by atoms with van der Waals surface area (Å²) in [7, 11) is 0. The first kappa shape index (κ1) is 14.9. The summed E-state index contributed by atoms with van der Waals surface area (Å²) < 4.78 is 0. The molecule has 0 aromatic heterocycles. The second kappa shape index (κ2) is 7.32. The van der Waals surface area contributed by atoms with Crippen molar-refractivity contribution in [2.24, 2.45) is 5.92 Å². The normalized spacial score (nSPS) is 14.7. The molecule has 1 aromatic rings. The lowest BCUT2D eigenvalue weighted by Crippen LogP contribution is -2.28. The third-order valence-electron chi connectivity index (χ3n) is 4.05. The van der Waals surface area contributed by atoms with Gasteiger partial charge in [0, 0.05) is 18.8 Å². The summed E-state index contributed by atoms with van der Waals surface area (Å²) in [6.45, 7) is 5.87. The van der Waals surface area contributed by atoms with E-state index < -0.39 is 0 Å². The molecule has 2 N–H and O–H groups in total. The smallest absolute Gasteiger partial charge is 0.253 e. The van der Waals surface area contributed by atoms with E-state index in [0.717, 1.165) is 43.1 Å². The van der Waals surface area contributed by atoms with Gasteiger partial charge in [0.1, 0.15) is 0 Å². The van der Waals surface area contributed by atoms with Crippen LogP contribution in [0, 0.1) is 12.8 Å². The Kier molecular flexibility index (Phi) is 5.45. The summed E-state index contributed by atoms with van der Waals surface area (Å²) >= 11 is 0. The quantitative estimate of drug-likeness (QED) is 0.795. The number of hydrogen-bond acceptors (Lipinski definition) is 2. The SMILES string of the molecule is CCCNc1cc(C)ccc1C(=O)NCCC1CCC1. The van der Waals surface area contributed by atoms with E-state index in [1.165, 1.54) is 24.8 Å². The van der Waals surface area contributed by atoms with Gasteiger partial charge in [-0.2, -0.15) is 0 Å². The van der Waals surface area contributed by atoms with Crippen molar-refractivity contribution in [3.63, 3.8) is 0 Å². The van der Waals surface area contributed by atoms with E-state index in [-0.39, 0.29) is 5.91 Å². The molecule has 0 atom stereocenters. The number of rotatable bonds is 7. The molecule has 0 heterocycles. The molecule has 0 unspecified atom stereocenters. The molecule has 2 rings (SSSR count). The predicted octanol–water partition coefficient (Wildman–Crippen LogP) is 3.74. The van der Waals surface area contributed by atoms with E-state index in [2.05, 4.69) is 30.5 Å².